The van der Waals surface area contributed by atoms with Gasteiger partial charge in [0, 0.05) is 19.6 Å². The first kappa shape index (κ1) is 12.8. The van der Waals surface area contributed by atoms with E-state index in [9.17, 15) is 4.79 Å². The number of hydrogen-bond donors (Lipinski definition) is 3. The first-order valence-electron chi connectivity index (χ1n) is 6.71. The average molecular weight is 240 g/mol. The molecule has 3 N–H and O–H groups in total. The minimum Gasteiger partial charge on any atom is -0.481 e. The summed E-state index contributed by atoms with van der Waals surface area (Å²) >= 11 is 0. The molecule has 0 unspecified atom stereocenters. The lowest BCUT2D eigenvalue weighted by Crippen LogP contribution is -2.69. The first-order chi connectivity index (χ1) is 8.04. The summed E-state index contributed by atoms with van der Waals surface area (Å²) in [4.78, 5) is 10.9. The van der Waals surface area contributed by atoms with Gasteiger partial charge >= 0.3 is 5.97 Å². The molecule has 0 atom stereocenters. The molecule has 2 rings (SSSR count). The molecule has 4 heteroatoms. The fraction of sp³-hybridized carbons (Fsp3) is 0.923. The van der Waals surface area contributed by atoms with Crippen LogP contribution in [0.3, 0.4) is 0 Å². The van der Waals surface area contributed by atoms with Crippen molar-refractivity contribution in [2.24, 2.45) is 5.41 Å². The van der Waals surface area contributed by atoms with Crippen LogP contribution in [0.15, 0.2) is 0 Å². The van der Waals surface area contributed by atoms with Crippen molar-refractivity contribution in [2.75, 3.05) is 19.6 Å². The minimum atomic E-state index is -0.701. The molecule has 1 aliphatic heterocycles. The van der Waals surface area contributed by atoms with Gasteiger partial charge in [-0.1, -0.05) is 26.2 Å². The zero-order valence-electron chi connectivity index (χ0n) is 10.7. The number of nitrogens with one attached hydrogen (secondary N) is 2. The van der Waals surface area contributed by atoms with E-state index in [2.05, 4.69) is 17.6 Å². The van der Waals surface area contributed by atoms with Crippen LogP contribution in [0.1, 0.15) is 45.4 Å². The Kier molecular flexibility index (Phi) is 3.73. The fourth-order valence-corrected chi connectivity index (χ4v) is 3.01. The summed E-state index contributed by atoms with van der Waals surface area (Å²) in [5.74, 6) is -0.701. The molecule has 2 aliphatic rings. The first-order valence-corrected chi connectivity index (χ1v) is 6.71. The maximum absolute atomic E-state index is 10.9. The summed E-state index contributed by atoms with van der Waals surface area (Å²) in [6, 6.07) is 0. The average Bonchev–Trinajstić information content (AvgIpc) is 2.22. The molecule has 1 aliphatic carbocycles. The number of carboxylic acids is 1. The topological polar surface area (TPSA) is 61.4 Å². The largest absolute Gasteiger partial charge is 0.481 e. The standard InChI is InChI=1S/C13H24N2O2/c1-12(5-3-2-4-6-12)8-15-13(7-11(16)17)9-14-10-13/h14-15H,2-10H2,1H3,(H,16,17). The van der Waals surface area contributed by atoms with Crippen molar-refractivity contribution >= 4 is 5.97 Å². The Morgan fingerprint density at radius 2 is 1.94 bits per heavy atom. The monoisotopic (exact) mass is 240 g/mol. The van der Waals surface area contributed by atoms with Gasteiger partial charge in [-0.3, -0.25) is 4.79 Å². The number of hydrogen-bond acceptors (Lipinski definition) is 3. The van der Waals surface area contributed by atoms with E-state index in [1.165, 1.54) is 32.1 Å². The quantitative estimate of drug-likeness (QED) is 0.679. The van der Waals surface area contributed by atoms with Crippen molar-refractivity contribution in [3.63, 3.8) is 0 Å². The Morgan fingerprint density at radius 3 is 2.41 bits per heavy atom. The normalized spacial score (nSPS) is 26.2. The van der Waals surface area contributed by atoms with Gasteiger partial charge in [0.2, 0.25) is 0 Å². The van der Waals surface area contributed by atoms with Gasteiger partial charge in [0.15, 0.2) is 0 Å². The van der Waals surface area contributed by atoms with E-state index in [1.54, 1.807) is 0 Å². The Hall–Kier alpha value is -0.610. The molecule has 17 heavy (non-hydrogen) atoms. The molecule has 4 nitrogen and oxygen atoms in total. The zero-order valence-corrected chi connectivity index (χ0v) is 10.7. The van der Waals surface area contributed by atoms with E-state index in [1.807, 2.05) is 0 Å². The Bertz CT molecular complexity index is 281. The van der Waals surface area contributed by atoms with Crippen LogP contribution in [0, 0.1) is 5.41 Å². The fourth-order valence-electron chi connectivity index (χ4n) is 3.01. The van der Waals surface area contributed by atoms with Crippen LogP contribution in [0.5, 0.6) is 0 Å². The van der Waals surface area contributed by atoms with E-state index in [-0.39, 0.29) is 12.0 Å². The molecule has 0 amide bonds. The van der Waals surface area contributed by atoms with E-state index >= 15 is 0 Å². The third-order valence-corrected chi connectivity index (χ3v) is 4.37. The molecule has 1 saturated carbocycles. The number of carboxylic acid groups (broad SMARTS) is 1. The molecule has 0 bridgehead atoms. The lowest BCUT2D eigenvalue weighted by atomic mass is 9.74. The minimum absolute atomic E-state index is 0.188. The van der Waals surface area contributed by atoms with Crippen LogP contribution in [0.2, 0.25) is 0 Å². The second-order valence-corrected chi connectivity index (χ2v) is 6.18. The highest BCUT2D eigenvalue weighted by Crippen LogP contribution is 2.35. The summed E-state index contributed by atoms with van der Waals surface area (Å²) in [6.45, 7) is 4.87. The van der Waals surface area contributed by atoms with Gasteiger partial charge in [0.1, 0.15) is 0 Å². The van der Waals surface area contributed by atoms with Crippen LogP contribution < -0.4 is 10.6 Å². The van der Waals surface area contributed by atoms with Gasteiger partial charge in [-0.15, -0.1) is 0 Å². The lowest BCUT2D eigenvalue weighted by Gasteiger charge is -2.45. The van der Waals surface area contributed by atoms with Crippen LogP contribution >= 0.6 is 0 Å². The van der Waals surface area contributed by atoms with Crippen LogP contribution in [0.25, 0.3) is 0 Å². The van der Waals surface area contributed by atoms with Crippen molar-refractivity contribution < 1.29 is 9.90 Å². The Morgan fingerprint density at radius 1 is 1.29 bits per heavy atom. The van der Waals surface area contributed by atoms with Crippen LogP contribution in [0.4, 0.5) is 0 Å². The van der Waals surface area contributed by atoms with Gasteiger partial charge in [-0.25, -0.2) is 0 Å². The maximum atomic E-state index is 10.9. The van der Waals surface area contributed by atoms with E-state index < -0.39 is 5.97 Å². The molecule has 0 aromatic rings. The summed E-state index contributed by atoms with van der Waals surface area (Å²) in [5, 5.41) is 15.7. The summed E-state index contributed by atoms with van der Waals surface area (Å²) in [6.07, 6.45) is 6.78. The molecule has 0 radical (unpaired) electrons. The van der Waals surface area contributed by atoms with Crippen molar-refractivity contribution in [1.29, 1.82) is 0 Å². The molecule has 2 fully saturated rings. The molecule has 98 valence electrons. The predicted molar refractivity (Wildman–Crippen MR) is 67.0 cm³/mol. The molecule has 1 saturated heterocycles. The number of aliphatic carboxylic acids is 1. The van der Waals surface area contributed by atoms with Gasteiger partial charge in [-0.05, 0) is 18.3 Å². The number of rotatable bonds is 5. The Labute approximate surface area is 103 Å². The van der Waals surface area contributed by atoms with Crippen molar-refractivity contribution in [3.05, 3.63) is 0 Å². The number of carbonyl (C=O) groups is 1. The summed E-state index contributed by atoms with van der Waals surface area (Å²) < 4.78 is 0. The van der Waals surface area contributed by atoms with E-state index in [4.69, 9.17) is 5.11 Å². The zero-order chi connectivity index (χ0) is 12.4. The highest BCUT2D eigenvalue weighted by atomic mass is 16.4. The third-order valence-electron chi connectivity index (χ3n) is 4.37. The Balaban J connectivity index is 1.84. The molecule has 1 heterocycles. The van der Waals surface area contributed by atoms with Gasteiger partial charge in [0.25, 0.3) is 0 Å². The van der Waals surface area contributed by atoms with Gasteiger partial charge in [0.05, 0.1) is 12.0 Å². The lowest BCUT2D eigenvalue weighted by molar-refractivity contribution is -0.139. The van der Waals surface area contributed by atoms with E-state index in [0.29, 0.717) is 5.41 Å². The summed E-state index contributed by atoms with van der Waals surface area (Å²) in [7, 11) is 0. The molecule has 0 aromatic heterocycles. The van der Waals surface area contributed by atoms with Crippen LogP contribution in [-0.2, 0) is 4.79 Å². The second-order valence-electron chi connectivity index (χ2n) is 6.18. The van der Waals surface area contributed by atoms with Crippen molar-refractivity contribution in [1.82, 2.24) is 10.6 Å². The van der Waals surface area contributed by atoms with Gasteiger partial charge < -0.3 is 15.7 Å². The molecule has 0 aromatic carbocycles. The third kappa shape index (κ3) is 3.19. The van der Waals surface area contributed by atoms with Crippen molar-refractivity contribution in [3.8, 4) is 0 Å². The SMILES string of the molecule is CC1(CNC2(CC(=O)O)CNC2)CCCCC1. The highest BCUT2D eigenvalue weighted by Gasteiger charge is 2.40. The molecular weight excluding hydrogens is 216 g/mol. The molecular formula is C13H24N2O2. The van der Waals surface area contributed by atoms with Gasteiger partial charge in [-0.2, -0.15) is 0 Å². The van der Waals surface area contributed by atoms with E-state index in [0.717, 1.165) is 19.6 Å². The highest BCUT2D eigenvalue weighted by molar-refractivity contribution is 5.68. The van der Waals surface area contributed by atoms with Crippen molar-refractivity contribution in [2.45, 2.75) is 51.0 Å². The maximum Gasteiger partial charge on any atom is 0.305 e. The van der Waals surface area contributed by atoms with Crippen LogP contribution in [-0.4, -0.2) is 36.2 Å². The second kappa shape index (κ2) is 4.94. The summed E-state index contributed by atoms with van der Waals surface area (Å²) in [5.41, 5.74) is 0.186. The predicted octanol–water partition coefficient (Wildman–Crippen LogP) is 1.36. The molecule has 0 spiro atoms. The smallest absolute Gasteiger partial charge is 0.305 e.